The monoisotopic (exact) mass is 446 g/mol. The minimum absolute atomic E-state index is 0.00975. The highest BCUT2D eigenvalue weighted by atomic mass is 19.4. The predicted molar refractivity (Wildman–Crippen MR) is 113 cm³/mol. The molecule has 0 bridgehead atoms. The number of nitrogens with one attached hydrogen (secondary N) is 2. The molecule has 9 heteroatoms. The Morgan fingerprint density at radius 1 is 1.00 bits per heavy atom. The second kappa shape index (κ2) is 9.59. The van der Waals surface area contributed by atoms with Crippen LogP contribution in [0.3, 0.4) is 0 Å². The van der Waals surface area contributed by atoms with E-state index in [1.54, 1.807) is 31.4 Å². The number of rotatable bonds is 7. The lowest BCUT2D eigenvalue weighted by Crippen LogP contribution is -2.17. The van der Waals surface area contributed by atoms with E-state index < -0.39 is 23.6 Å². The number of furan rings is 1. The molecule has 0 aliphatic heterocycles. The van der Waals surface area contributed by atoms with Gasteiger partial charge in [0, 0.05) is 31.0 Å². The van der Waals surface area contributed by atoms with Gasteiger partial charge in [-0.05, 0) is 54.6 Å². The van der Waals surface area contributed by atoms with E-state index in [-0.39, 0.29) is 24.2 Å². The van der Waals surface area contributed by atoms with Crippen LogP contribution in [0.2, 0.25) is 0 Å². The fourth-order valence-corrected chi connectivity index (χ4v) is 3.04. The van der Waals surface area contributed by atoms with Crippen LogP contribution in [0.5, 0.6) is 5.75 Å². The van der Waals surface area contributed by atoms with E-state index in [4.69, 9.17) is 9.15 Å². The first-order valence-corrected chi connectivity index (χ1v) is 9.67. The summed E-state index contributed by atoms with van der Waals surface area (Å²) in [6, 6.07) is 13.9. The number of methoxy groups -OCH3 is 1. The first-order valence-electron chi connectivity index (χ1n) is 9.67. The van der Waals surface area contributed by atoms with E-state index in [1.165, 1.54) is 13.0 Å². The molecule has 0 aliphatic carbocycles. The number of halogens is 3. The number of hydrogen-bond donors (Lipinski definition) is 2. The van der Waals surface area contributed by atoms with Gasteiger partial charge in [-0.25, -0.2) is 0 Å². The largest absolute Gasteiger partial charge is 0.497 e. The third-order valence-electron chi connectivity index (χ3n) is 4.55. The molecule has 1 heterocycles. The second-order valence-electron chi connectivity index (χ2n) is 6.98. The van der Waals surface area contributed by atoms with Gasteiger partial charge < -0.3 is 19.8 Å². The van der Waals surface area contributed by atoms with Gasteiger partial charge in [0.05, 0.1) is 18.4 Å². The number of carbonyl (C=O) groups excluding carboxylic acids is 2. The van der Waals surface area contributed by atoms with Crippen molar-refractivity contribution in [1.82, 2.24) is 0 Å². The molecule has 0 radical (unpaired) electrons. The molecule has 2 N–H and O–H groups in total. The summed E-state index contributed by atoms with van der Waals surface area (Å²) in [6.07, 6.45) is -4.56. The predicted octanol–water partition coefficient (Wildman–Crippen LogP) is 5.50. The highest BCUT2D eigenvalue weighted by Crippen LogP contribution is 2.36. The second-order valence-corrected chi connectivity index (χ2v) is 6.98. The van der Waals surface area contributed by atoms with Crippen LogP contribution in [0, 0.1) is 0 Å². The zero-order chi connectivity index (χ0) is 23.3. The van der Waals surface area contributed by atoms with Crippen LogP contribution >= 0.6 is 0 Å². The molecule has 1 aromatic heterocycles. The van der Waals surface area contributed by atoms with E-state index in [9.17, 15) is 22.8 Å². The zero-order valence-electron chi connectivity index (χ0n) is 17.4. The number of alkyl halides is 3. The van der Waals surface area contributed by atoms with Crippen molar-refractivity contribution < 1.29 is 31.9 Å². The minimum atomic E-state index is -4.70. The minimum Gasteiger partial charge on any atom is -0.497 e. The molecule has 168 valence electrons. The van der Waals surface area contributed by atoms with Crippen molar-refractivity contribution in [3.05, 3.63) is 65.9 Å². The molecular formula is C23H21F3N2O4. The van der Waals surface area contributed by atoms with Crippen molar-refractivity contribution in [3.63, 3.8) is 0 Å². The third kappa shape index (κ3) is 5.90. The fraction of sp³-hybridized carbons (Fsp3) is 0.217. The summed E-state index contributed by atoms with van der Waals surface area (Å²) < 4.78 is 51.0. The maximum Gasteiger partial charge on any atom is 0.418 e. The molecule has 0 unspecified atom stereocenters. The van der Waals surface area contributed by atoms with Crippen molar-refractivity contribution >= 4 is 23.2 Å². The highest BCUT2D eigenvalue weighted by Gasteiger charge is 2.34. The maximum absolute atomic E-state index is 13.4. The van der Waals surface area contributed by atoms with Gasteiger partial charge >= 0.3 is 6.18 Å². The summed E-state index contributed by atoms with van der Waals surface area (Å²) in [6.45, 7) is 1.19. The zero-order valence-corrected chi connectivity index (χ0v) is 17.4. The van der Waals surface area contributed by atoms with Crippen LogP contribution in [0.25, 0.3) is 11.3 Å². The molecule has 3 aromatic rings. The fourth-order valence-electron chi connectivity index (χ4n) is 3.04. The van der Waals surface area contributed by atoms with Crippen LogP contribution in [-0.2, 0) is 22.2 Å². The van der Waals surface area contributed by atoms with Crippen LogP contribution in [0.4, 0.5) is 24.5 Å². The smallest absolute Gasteiger partial charge is 0.418 e. The average molecular weight is 446 g/mol. The molecular weight excluding hydrogens is 425 g/mol. The summed E-state index contributed by atoms with van der Waals surface area (Å²) >= 11 is 0. The number of benzene rings is 2. The molecule has 32 heavy (non-hydrogen) atoms. The Morgan fingerprint density at radius 3 is 2.34 bits per heavy atom. The third-order valence-corrected chi connectivity index (χ3v) is 4.55. The number of amides is 2. The van der Waals surface area contributed by atoms with Gasteiger partial charge in [0.2, 0.25) is 11.8 Å². The normalized spacial score (nSPS) is 11.2. The van der Waals surface area contributed by atoms with Gasteiger partial charge in [0.15, 0.2) is 0 Å². The average Bonchev–Trinajstić information content (AvgIpc) is 3.21. The van der Waals surface area contributed by atoms with Crippen molar-refractivity contribution in [2.45, 2.75) is 25.9 Å². The molecule has 0 atom stereocenters. The van der Waals surface area contributed by atoms with Crippen molar-refractivity contribution in [2.24, 2.45) is 0 Å². The Hall–Kier alpha value is -3.75. The van der Waals surface area contributed by atoms with Gasteiger partial charge in [-0.2, -0.15) is 13.2 Å². The highest BCUT2D eigenvalue weighted by molar-refractivity contribution is 5.93. The first kappa shape index (κ1) is 22.9. The van der Waals surface area contributed by atoms with Gasteiger partial charge in [-0.1, -0.05) is 0 Å². The van der Waals surface area contributed by atoms with E-state index >= 15 is 0 Å². The van der Waals surface area contributed by atoms with Crippen molar-refractivity contribution in [2.75, 3.05) is 17.7 Å². The Labute approximate surface area is 182 Å². The summed E-state index contributed by atoms with van der Waals surface area (Å²) in [5.41, 5.74) is -0.605. The quantitative estimate of drug-likeness (QED) is 0.502. The SMILES string of the molecule is COc1ccc(-c2ccc(CCC(=O)Nc3ccc(NC(C)=O)cc3C(F)(F)F)o2)cc1. The maximum atomic E-state index is 13.4. The molecule has 0 saturated heterocycles. The topological polar surface area (TPSA) is 80.6 Å². The summed E-state index contributed by atoms with van der Waals surface area (Å²) in [5.74, 6) is 0.757. The lowest BCUT2D eigenvalue weighted by Gasteiger charge is -2.15. The van der Waals surface area contributed by atoms with Gasteiger partial charge in [0.1, 0.15) is 17.3 Å². The van der Waals surface area contributed by atoms with Crippen molar-refractivity contribution in [3.8, 4) is 17.1 Å². The lowest BCUT2D eigenvalue weighted by molar-refractivity contribution is -0.137. The molecule has 2 amide bonds. The van der Waals surface area contributed by atoms with Gasteiger partial charge in [-0.3, -0.25) is 9.59 Å². The van der Waals surface area contributed by atoms with Crippen molar-refractivity contribution in [1.29, 1.82) is 0 Å². The molecule has 0 spiro atoms. The van der Waals surface area contributed by atoms with Crippen LogP contribution in [-0.4, -0.2) is 18.9 Å². The van der Waals surface area contributed by atoms with Crippen LogP contribution < -0.4 is 15.4 Å². The van der Waals surface area contributed by atoms with E-state index in [0.29, 0.717) is 17.3 Å². The summed E-state index contributed by atoms with van der Waals surface area (Å²) in [7, 11) is 1.57. The Morgan fingerprint density at radius 2 is 1.72 bits per heavy atom. The lowest BCUT2D eigenvalue weighted by atomic mass is 10.1. The Balaban J connectivity index is 1.65. The first-order chi connectivity index (χ1) is 15.2. The Bertz CT molecular complexity index is 1110. The number of anilines is 2. The van der Waals surface area contributed by atoms with E-state index in [0.717, 1.165) is 17.7 Å². The molecule has 0 aliphatic rings. The molecule has 0 fully saturated rings. The molecule has 3 rings (SSSR count). The van der Waals surface area contributed by atoms with Gasteiger partial charge in [-0.15, -0.1) is 0 Å². The number of carbonyl (C=O) groups is 2. The summed E-state index contributed by atoms with van der Waals surface area (Å²) in [5, 5.41) is 4.59. The number of ether oxygens (including phenoxy) is 1. The van der Waals surface area contributed by atoms with Gasteiger partial charge in [0.25, 0.3) is 0 Å². The standard InChI is InChI=1S/C23H21F3N2O4/c1-14(29)27-16-5-10-20(19(13-16)23(24,25)26)28-22(30)12-9-18-8-11-21(32-18)15-3-6-17(31-2)7-4-15/h3-8,10-11,13H,9,12H2,1-2H3,(H,27,29)(H,28,30). The van der Waals surface area contributed by atoms with E-state index in [1.807, 2.05) is 12.1 Å². The van der Waals surface area contributed by atoms with Crippen LogP contribution in [0.15, 0.2) is 59.0 Å². The molecule has 6 nitrogen and oxygen atoms in total. The van der Waals surface area contributed by atoms with E-state index in [2.05, 4.69) is 10.6 Å². The summed E-state index contributed by atoms with van der Waals surface area (Å²) in [4.78, 5) is 23.4. The Kier molecular flexibility index (Phi) is 6.87. The molecule has 2 aromatic carbocycles. The molecule has 0 saturated carbocycles. The number of hydrogen-bond acceptors (Lipinski definition) is 4. The van der Waals surface area contributed by atoms with Crippen LogP contribution in [0.1, 0.15) is 24.7 Å². The number of aryl methyl sites for hydroxylation is 1.